The summed E-state index contributed by atoms with van der Waals surface area (Å²) in [5.41, 5.74) is 0. The van der Waals surface area contributed by atoms with Crippen molar-refractivity contribution < 1.29 is 24.2 Å². The largest absolute Gasteiger partial charge is 0.467 e. The highest BCUT2D eigenvalue weighted by Gasteiger charge is 2.23. The monoisotopic (exact) mass is 345 g/mol. The van der Waals surface area contributed by atoms with E-state index in [1.807, 2.05) is 6.92 Å². The smallest absolute Gasteiger partial charge is 0.407 e. The minimum absolute atomic E-state index is 0.330. The first-order valence-corrected chi connectivity index (χ1v) is 9.24. The lowest BCUT2D eigenvalue weighted by Crippen LogP contribution is -2.42. The summed E-state index contributed by atoms with van der Waals surface area (Å²) in [4.78, 5) is 23.4. The highest BCUT2D eigenvalue weighted by atomic mass is 16.6. The van der Waals surface area contributed by atoms with E-state index < -0.39 is 24.2 Å². The molecule has 0 spiro atoms. The lowest BCUT2D eigenvalue weighted by molar-refractivity contribution is -0.143. The van der Waals surface area contributed by atoms with Crippen molar-refractivity contribution in [3.63, 3.8) is 0 Å². The Morgan fingerprint density at radius 1 is 0.958 bits per heavy atom. The number of carbonyl (C=O) groups is 2. The number of aliphatic hydroxyl groups excluding tert-OH is 1. The van der Waals surface area contributed by atoms with Crippen molar-refractivity contribution in [2.24, 2.45) is 0 Å². The Kier molecular flexibility index (Phi) is 14.4. The van der Waals surface area contributed by atoms with Crippen LogP contribution in [0.3, 0.4) is 0 Å². The highest BCUT2D eigenvalue weighted by molar-refractivity contribution is 5.81. The summed E-state index contributed by atoms with van der Waals surface area (Å²) in [6.07, 6.45) is 7.86. The molecule has 6 heteroatoms. The van der Waals surface area contributed by atoms with Gasteiger partial charge in [-0.05, 0) is 25.7 Å². The van der Waals surface area contributed by atoms with Gasteiger partial charge >= 0.3 is 12.1 Å². The second-order valence-electron chi connectivity index (χ2n) is 6.14. The molecular formula is C18H35NO5. The average Bonchev–Trinajstić information content (AvgIpc) is 2.57. The fraction of sp³-hybridized carbons (Fsp3) is 0.889. The number of esters is 1. The predicted molar refractivity (Wildman–Crippen MR) is 93.8 cm³/mol. The van der Waals surface area contributed by atoms with Crippen LogP contribution in [0.25, 0.3) is 0 Å². The molecule has 0 saturated heterocycles. The molecule has 0 heterocycles. The molecule has 1 amide bonds. The van der Waals surface area contributed by atoms with Crippen molar-refractivity contribution in [1.82, 2.24) is 5.32 Å². The molecule has 0 saturated carbocycles. The molecule has 0 aliphatic rings. The summed E-state index contributed by atoms with van der Waals surface area (Å²) in [6.45, 7) is 4.50. The van der Waals surface area contributed by atoms with Crippen molar-refractivity contribution >= 4 is 12.1 Å². The van der Waals surface area contributed by atoms with Crippen LogP contribution in [0.15, 0.2) is 0 Å². The molecule has 0 aromatic rings. The number of hydrogen-bond acceptors (Lipinski definition) is 5. The molecule has 0 fully saturated rings. The molecule has 2 atom stereocenters. The zero-order valence-corrected chi connectivity index (χ0v) is 15.5. The molecule has 0 radical (unpaired) electrons. The number of methoxy groups -OCH3 is 1. The number of carbonyl (C=O) groups excluding carboxylic acids is 2. The van der Waals surface area contributed by atoms with Crippen LogP contribution in [-0.2, 0) is 14.3 Å². The van der Waals surface area contributed by atoms with Crippen LogP contribution in [0, 0.1) is 0 Å². The van der Waals surface area contributed by atoms with E-state index in [9.17, 15) is 14.7 Å². The molecule has 2 N–H and O–H groups in total. The molecule has 0 aliphatic carbocycles. The number of unbranched alkanes of at least 4 members (excludes halogenated alkanes) is 5. The predicted octanol–water partition coefficient (Wildman–Crippen LogP) is 3.56. The Bertz CT molecular complexity index is 335. The van der Waals surface area contributed by atoms with Crippen LogP contribution in [0.4, 0.5) is 4.79 Å². The summed E-state index contributed by atoms with van der Waals surface area (Å²) in [5, 5.41) is 12.5. The van der Waals surface area contributed by atoms with Crippen molar-refractivity contribution in [2.75, 3.05) is 13.7 Å². The number of hydrogen-bond donors (Lipinski definition) is 2. The lowest BCUT2D eigenvalue weighted by atomic mass is 10.0. The third-order valence-corrected chi connectivity index (χ3v) is 3.94. The Morgan fingerprint density at radius 2 is 1.62 bits per heavy atom. The summed E-state index contributed by atoms with van der Waals surface area (Å²) in [5.74, 6) is -0.516. The van der Waals surface area contributed by atoms with E-state index in [-0.39, 0.29) is 0 Å². The van der Waals surface area contributed by atoms with Gasteiger partial charge in [-0.2, -0.15) is 0 Å². The topological polar surface area (TPSA) is 84.9 Å². The first kappa shape index (κ1) is 22.7. The molecular weight excluding hydrogens is 310 g/mol. The number of amides is 1. The normalized spacial score (nSPS) is 13.2. The van der Waals surface area contributed by atoms with E-state index in [0.29, 0.717) is 19.4 Å². The van der Waals surface area contributed by atoms with Crippen LogP contribution >= 0.6 is 0 Å². The summed E-state index contributed by atoms with van der Waals surface area (Å²) < 4.78 is 9.70. The van der Waals surface area contributed by atoms with Gasteiger partial charge < -0.3 is 19.9 Å². The SMILES string of the molecule is CCCCCCC[C@H](O)CCC(NC(=O)OCCCC)C(=O)OC. The second kappa shape index (κ2) is 15.2. The lowest BCUT2D eigenvalue weighted by Gasteiger charge is -2.18. The van der Waals surface area contributed by atoms with Crippen LogP contribution in [0.2, 0.25) is 0 Å². The molecule has 142 valence electrons. The number of rotatable bonds is 14. The molecule has 0 aromatic heterocycles. The third kappa shape index (κ3) is 12.2. The molecule has 0 rings (SSSR count). The molecule has 0 bridgehead atoms. The van der Waals surface area contributed by atoms with Gasteiger partial charge in [0, 0.05) is 0 Å². The molecule has 6 nitrogen and oxygen atoms in total. The van der Waals surface area contributed by atoms with Gasteiger partial charge in [-0.25, -0.2) is 9.59 Å². The van der Waals surface area contributed by atoms with E-state index in [4.69, 9.17) is 9.47 Å². The maximum atomic E-state index is 11.7. The summed E-state index contributed by atoms with van der Waals surface area (Å²) in [6, 6.07) is -0.779. The van der Waals surface area contributed by atoms with Gasteiger partial charge in [-0.15, -0.1) is 0 Å². The van der Waals surface area contributed by atoms with E-state index in [1.165, 1.54) is 26.4 Å². The number of aliphatic hydroxyl groups is 1. The quantitative estimate of drug-likeness (QED) is 0.371. The zero-order valence-electron chi connectivity index (χ0n) is 15.5. The molecule has 0 aromatic carbocycles. The summed E-state index contributed by atoms with van der Waals surface area (Å²) in [7, 11) is 1.28. The molecule has 24 heavy (non-hydrogen) atoms. The Morgan fingerprint density at radius 3 is 2.25 bits per heavy atom. The highest BCUT2D eigenvalue weighted by Crippen LogP contribution is 2.12. The number of nitrogens with one attached hydrogen (secondary N) is 1. The maximum absolute atomic E-state index is 11.7. The molecule has 0 aliphatic heterocycles. The first-order valence-electron chi connectivity index (χ1n) is 9.24. The fourth-order valence-electron chi connectivity index (χ4n) is 2.37. The van der Waals surface area contributed by atoms with Crippen LogP contribution < -0.4 is 5.32 Å². The number of alkyl carbamates (subject to hydrolysis) is 1. The van der Waals surface area contributed by atoms with Gasteiger partial charge in [-0.3, -0.25) is 0 Å². The standard InChI is InChI=1S/C18H35NO5/c1-4-6-8-9-10-11-15(20)12-13-16(17(21)23-3)19-18(22)24-14-7-5-2/h15-16,20H,4-14H2,1-3H3,(H,19,22)/t15-,16?/m0/s1. The number of ether oxygens (including phenoxy) is 2. The third-order valence-electron chi connectivity index (χ3n) is 3.94. The Hall–Kier alpha value is -1.30. The minimum Gasteiger partial charge on any atom is -0.467 e. The van der Waals surface area contributed by atoms with Crippen molar-refractivity contribution in [2.45, 2.75) is 90.2 Å². The second-order valence-corrected chi connectivity index (χ2v) is 6.14. The average molecular weight is 345 g/mol. The van der Waals surface area contributed by atoms with Crippen molar-refractivity contribution in [1.29, 1.82) is 0 Å². The Balaban J connectivity index is 4.09. The van der Waals surface area contributed by atoms with Crippen LogP contribution in [-0.4, -0.2) is 43.0 Å². The van der Waals surface area contributed by atoms with Gasteiger partial charge in [0.15, 0.2) is 0 Å². The zero-order chi connectivity index (χ0) is 18.2. The maximum Gasteiger partial charge on any atom is 0.407 e. The summed E-state index contributed by atoms with van der Waals surface area (Å²) >= 11 is 0. The fourth-order valence-corrected chi connectivity index (χ4v) is 2.37. The van der Waals surface area contributed by atoms with E-state index in [1.54, 1.807) is 0 Å². The van der Waals surface area contributed by atoms with Gasteiger partial charge in [0.2, 0.25) is 0 Å². The minimum atomic E-state index is -0.779. The van der Waals surface area contributed by atoms with Gasteiger partial charge in [0.05, 0.1) is 19.8 Å². The van der Waals surface area contributed by atoms with Crippen molar-refractivity contribution in [3.8, 4) is 0 Å². The first-order chi connectivity index (χ1) is 11.5. The van der Waals surface area contributed by atoms with Crippen molar-refractivity contribution in [3.05, 3.63) is 0 Å². The Labute approximate surface area is 146 Å². The van der Waals surface area contributed by atoms with E-state index in [2.05, 4.69) is 12.2 Å². The van der Waals surface area contributed by atoms with Crippen LogP contribution in [0.1, 0.15) is 78.1 Å². The van der Waals surface area contributed by atoms with Gasteiger partial charge in [0.25, 0.3) is 0 Å². The molecule has 1 unspecified atom stereocenters. The van der Waals surface area contributed by atoms with E-state index >= 15 is 0 Å². The van der Waals surface area contributed by atoms with Crippen LogP contribution in [0.5, 0.6) is 0 Å². The van der Waals surface area contributed by atoms with E-state index in [0.717, 1.165) is 32.1 Å². The van der Waals surface area contributed by atoms with Gasteiger partial charge in [0.1, 0.15) is 6.04 Å². The van der Waals surface area contributed by atoms with Gasteiger partial charge in [-0.1, -0.05) is 52.4 Å².